The highest BCUT2D eigenvalue weighted by Crippen LogP contribution is 2.25. The Hall–Kier alpha value is -2.47. The van der Waals surface area contributed by atoms with Gasteiger partial charge in [0.15, 0.2) is 11.3 Å². The number of halogens is 2. The van der Waals surface area contributed by atoms with E-state index in [1.807, 2.05) is 0 Å². The van der Waals surface area contributed by atoms with Gasteiger partial charge in [0.25, 0.3) is 0 Å². The monoisotopic (exact) mass is 291 g/mol. The Bertz CT molecular complexity index is 832. The molecular formula is C13H7ClFN3O2. The van der Waals surface area contributed by atoms with Crippen molar-refractivity contribution in [3.8, 4) is 11.3 Å². The standard InChI is InChI=1S/C13H7ClFN3O2/c14-8-6-16-18-11(13(19)20)5-10(17-12(8)18)7-3-1-2-4-9(7)15/h1-6H,(H,19,20). The maximum atomic E-state index is 13.8. The molecule has 0 saturated heterocycles. The minimum Gasteiger partial charge on any atom is -0.477 e. The summed E-state index contributed by atoms with van der Waals surface area (Å²) in [4.78, 5) is 15.4. The second-order valence-corrected chi connectivity index (χ2v) is 4.45. The van der Waals surface area contributed by atoms with Gasteiger partial charge < -0.3 is 5.11 Å². The van der Waals surface area contributed by atoms with Crippen LogP contribution in [0.15, 0.2) is 36.5 Å². The molecule has 100 valence electrons. The molecule has 0 fully saturated rings. The summed E-state index contributed by atoms with van der Waals surface area (Å²) >= 11 is 5.92. The lowest BCUT2D eigenvalue weighted by molar-refractivity contribution is 0.0687. The second-order valence-electron chi connectivity index (χ2n) is 4.04. The number of rotatable bonds is 2. The van der Waals surface area contributed by atoms with Crippen LogP contribution in [0.5, 0.6) is 0 Å². The average molecular weight is 292 g/mol. The molecule has 20 heavy (non-hydrogen) atoms. The molecule has 0 atom stereocenters. The molecule has 7 heteroatoms. The molecule has 1 aromatic carbocycles. The molecule has 5 nitrogen and oxygen atoms in total. The molecule has 2 heterocycles. The first-order valence-electron chi connectivity index (χ1n) is 5.60. The number of fused-ring (bicyclic) bond motifs is 1. The van der Waals surface area contributed by atoms with E-state index in [1.165, 1.54) is 24.4 Å². The number of carboxylic acid groups (broad SMARTS) is 1. The van der Waals surface area contributed by atoms with Gasteiger partial charge in [0, 0.05) is 5.56 Å². The van der Waals surface area contributed by atoms with E-state index < -0.39 is 11.8 Å². The number of hydrogen-bond acceptors (Lipinski definition) is 3. The zero-order valence-electron chi connectivity index (χ0n) is 9.92. The third-order valence-corrected chi connectivity index (χ3v) is 3.06. The minimum absolute atomic E-state index is 0.139. The summed E-state index contributed by atoms with van der Waals surface area (Å²) in [6.45, 7) is 0. The number of benzene rings is 1. The Morgan fingerprint density at radius 3 is 2.80 bits per heavy atom. The van der Waals surface area contributed by atoms with Gasteiger partial charge in [-0.05, 0) is 18.2 Å². The predicted octanol–water partition coefficient (Wildman–Crippen LogP) is 2.89. The molecule has 0 spiro atoms. The fourth-order valence-corrected chi connectivity index (χ4v) is 2.06. The fourth-order valence-electron chi connectivity index (χ4n) is 1.90. The quantitative estimate of drug-likeness (QED) is 0.788. The van der Waals surface area contributed by atoms with Crippen molar-refractivity contribution >= 4 is 23.2 Å². The molecule has 0 aliphatic heterocycles. The van der Waals surface area contributed by atoms with Crippen LogP contribution in [0.25, 0.3) is 16.9 Å². The number of aromatic carboxylic acids is 1. The zero-order valence-corrected chi connectivity index (χ0v) is 10.7. The van der Waals surface area contributed by atoms with Gasteiger partial charge in [0.1, 0.15) is 10.8 Å². The molecule has 2 aromatic heterocycles. The normalized spacial score (nSPS) is 10.9. The van der Waals surface area contributed by atoms with Crippen molar-refractivity contribution in [1.29, 1.82) is 0 Å². The fraction of sp³-hybridized carbons (Fsp3) is 0. The Balaban J connectivity index is 2.35. The summed E-state index contributed by atoms with van der Waals surface area (Å²) in [6.07, 6.45) is 1.29. The van der Waals surface area contributed by atoms with E-state index in [4.69, 9.17) is 11.6 Å². The van der Waals surface area contributed by atoms with Gasteiger partial charge in [-0.2, -0.15) is 5.10 Å². The van der Waals surface area contributed by atoms with E-state index in [2.05, 4.69) is 10.1 Å². The van der Waals surface area contributed by atoms with E-state index in [-0.39, 0.29) is 27.6 Å². The summed E-state index contributed by atoms with van der Waals surface area (Å²) in [6, 6.07) is 7.24. The summed E-state index contributed by atoms with van der Waals surface area (Å²) in [5.41, 5.74) is 0.426. The number of hydrogen-bond donors (Lipinski definition) is 1. The summed E-state index contributed by atoms with van der Waals surface area (Å²) in [5.74, 6) is -1.69. The van der Waals surface area contributed by atoms with Crippen molar-refractivity contribution in [3.05, 3.63) is 53.1 Å². The highest BCUT2D eigenvalue weighted by Gasteiger charge is 2.17. The van der Waals surface area contributed by atoms with Crippen LogP contribution in [0.2, 0.25) is 5.02 Å². The van der Waals surface area contributed by atoms with Crippen molar-refractivity contribution in [1.82, 2.24) is 14.6 Å². The molecular weight excluding hydrogens is 285 g/mol. The highest BCUT2D eigenvalue weighted by atomic mass is 35.5. The van der Waals surface area contributed by atoms with Gasteiger partial charge in [-0.3, -0.25) is 0 Å². The van der Waals surface area contributed by atoms with Crippen LogP contribution >= 0.6 is 11.6 Å². The number of carbonyl (C=O) groups is 1. The van der Waals surface area contributed by atoms with E-state index in [0.29, 0.717) is 0 Å². The van der Waals surface area contributed by atoms with Crippen LogP contribution in [-0.4, -0.2) is 25.7 Å². The predicted molar refractivity (Wildman–Crippen MR) is 70.4 cm³/mol. The topological polar surface area (TPSA) is 67.5 Å². The highest BCUT2D eigenvalue weighted by molar-refractivity contribution is 6.33. The molecule has 3 aromatic rings. The minimum atomic E-state index is -1.20. The van der Waals surface area contributed by atoms with Crippen LogP contribution in [0, 0.1) is 5.82 Å². The SMILES string of the molecule is O=C(O)c1cc(-c2ccccc2F)nc2c(Cl)cnn12. The van der Waals surface area contributed by atoms with Crippen molar-refractivity contribution in [2.45, 2.75) is 0 Å². The van der Waals surface area contributed by atoms with Gasteiger partial charge in [-0.1, -0.05) is 23.7 Å². The molecule has 3 rings (SSSR count). The largest absolute Gasteiger partial charge is 0.477 e. The average Bonchev–Trinajstić information content (AvgIpc) is 2.80. The Kier molecular flexibility index (Phi) is 2.87. The van der Waals surface area contributed by atoms with Crippen LogP contribution in [0.3, 0.4) is 0 Å². The van der Waals surface area contributed by atoms with E-state index in [0.717, 1.165) is 4.52 Å². The van der Waals surface area contributed by atoms with Gasteiger partial charge in [-0.25, -0.2) is 18.7 Å². The summed E-state index contributed by atoms with van der Waals surface area (Å²) in [5, 5.41) is 13.3. The van der Waals surface area contributed by atoms with E-state index in [1.54, 1.807) is 12.1 Å². The van der Waals surface area contributed by atoms with Gasteiger partial charge in [-0.15, -0.1) is 0 Å². The third-order valence-electron chi connectivity index (χ3n) is 2.80. The molecule has 0 aliphatic rings. The second kappa shape index (κ2) is 4.57. The van der Waals surface area contributed by atoms with Gasteiger partial charge >= 0.3 is 5.97 Å². The first-order chi connectivity index (χ1) is 9.58. The Morgan fingerprint density at radius 1 is 1.35 bits per heavy atom. The summed E-state index contributed by atoms with van der Waals surface area (Å²) < 4.78 is 14.9. The molecule has 0 radical (unpaired) electrons. The van der Waals surface area contributed by atoms with Crippen LogP contribution in [0.1, 0.15) is 10.5 Å². The summed E-state index contributed by atoms with van der Waals surface area (Å²) in [7, 11) is 0. The van der Waals surface area contributed by atoms with E-state index in [9.17, 15) is 14.3 Å². The van der Waals surface area contributed by atoms with E-state index >= 15 is 0 Å². The number of carboxylic acids is 1. The number of aromatic nitrogens is 3. The lowest BCUT2D eigenvalue weighted by Crippen LogP contribution is -2.08. The molecule has 0 unspecified atom stereocenters. The zero-order chi connectivity index (χ0) is 14.3. The smallest absolute Gasteiger partial charge is 0.354 e. The lowest BCUT2D eigenvalue weighted by Gasteiger charge is -2.06. The first-order valence-corrected chi connectivity index (χ1v) is 5.98. The van der Waals surface area contributed by atoms with Crippen LogP contribution in [-0.2, 0) is 0 Å². The van der Waals surface area contributed by atoms with Crippen LogP contribution in [0.4, 0.5) is 4.39 Å². The van der Waals surface area contributed by atoms with Gasteiger partial charge in [0.2, 0.25) is 0 Å². The van der Waals surface area contributed by atoms with Crippen molar-refractivity contribution in [3.63, 3.8) is 0 Å². The molecule has 0 saturated carbocycles. The maximum Gasteiger partial charge on any atom is 0.354 e. The third kappa shape index (κ3) is 1.90. The lowest BCUT2D eigenvalue weighted by atomic mass is 10.1. The van der Waals surface area contributed by atoms with Crippen molar-refractivity contribution in [2.24, 2.45) is 0 Å². The maximum absolute atomic E-state index is 13.8. The molecule has 0 amide bonds. The van der Waals surface area contributed by atoms with Crippen molar-refractivity contribution in [2.75, 3.05) is 0 Å². The molecule has 0 aliphatic carbocycles. The first kappa shape index (κ1) is 12.6. The number of nitrogens with zero attached hydrogens (tertiary/aromatic N) is 3. The van der Waals surface area contributed by atoms with Gasteiger partial charge in [0.05, 0.1) is 11.9 Å². The Morgan fingerprint density at radius 2 is 2.10 bits per heavy atom. The van der Waals surface area contributed by atoms with Crippen molar-refractivity contribution < 1.29 is 14.3 Å². The van der Waals surface area contributed by atoms with Crippen LogP contribution < -0.4 is 0 Å². The molecule has 1 N–H and O–H groups in total. The Labute approximate surface area is 117 Å². The molecule has 0 bridgehead atoms.